The molecular weight excluding hydrogens is 665 g/mol. The van der Waals surface area contributed by atoms with Crippen molar-refractivity contribution in [2.75, 3.05) is 24.7 Å². The molecule has 48 heavy (non-hydrogen) atoms. The van der Waals surface area contributed by atoms with Gasteiger partial charge in [-0.3, -0.25) is 5.01 Å². The number of benzene rings is 2. The number of carbonyl (C=O) groups excluding carboxylic acids is 2. The molecule has 4 aromatic rings. The fourth-order valence-electron chi connectivity index (χ4n) is 4.41. The predicted molar refractivity (Wildman–Crippen MR) is 160 cm³/mol. The van der Waals surface area contributed by atoms with Crippen LogP contribution in [0.25, 0.3) is 16.9 Å². The summed E-state index contributed by atoms with van der Waals surface area (Å²) in [5.41, 5.74) is -0.126. The standard InChI is InChI=1S/C29H33F3N6O9S/c1-18-6-8-21(9-7-18)24-14-25(29(30,31)32)33-36(24)22-10-12-23(13-11-22)48(41,42)34-26(39)43-17-20-15-35(16-20)37-38(47-37)46-19(2)44-27(40)45-28(3,4)5/h6-14,19-20H,15-17H2,1-5H3,(H,34,39). The van der Waals surface area contributed by atoms with Gasteiger partial charge in [-0.15, -0.1) is 0 Å². The Morgan fingerprint density at radius 3 is 2.31 bits per heavy atom. The summed E-state index contributed by atoms with van der Waals surface area (Å²) in [6, 6.07) is 12.6. The van der Waals surface area contributed by atoms with Crippen LogP contribution in [0, 0.1) is 12.8 Å². The number of carbonyl (C=O) groups is 2. The number of rotatable bonds is 10. The molecule has 1 unspecified atom stereocenters. The van der Waals surface area contributed by atoms with Crippen molar-refractivity contribution in [3.63, 3.8) is 0 Å². The molecule has 0 bridgehead atoms. The second-order valence-electron chi connectivity index (χ2n) is 12.0. The minimum atomic E-state index is -4.70. The van der Waals surface area contributed by atoms with Gasteiger partial charge in [-0.1, -0.05) is 29.8 Å². The van der Waals surface area contributed by atoms with Crippen LogP contribution in [0.15, 0.2) is 64.1 Å². The zero-order valence-corrected chi connectivity index (χ0v) is 27.2. The molecule has 0 spiro atoms. The van der Waals surface area contributed by atoms with Crippen molar-refractivity contribution in [2.24, 2.45) is 5.92 Å². The average molecular weight is 699 g/mol. The van der Waals surface area contributed by atoms with E-state index >= 15 is 0 Å². The maximum atomic E-state index is 13.5. The molecule has 1 aliphatic heterocycles. The van der Waals surface area contributed by atoms with Crippen molar-refractivity contribution in [1.82, 2.24) is 24.5 Å². The number of sulfonamides is 1. The van der Waals surface area contributed by atoms with Gasteiger partial charge in [0.15, 0.2) is 5.69 Å². The van der Waals surface area contributed by atoms with Crippen LogP contribution in [0.3, 0.4) is 0 Å². The van der Waals surface area contributed by atoms with Gasteiger partial charge in [0.1, 0.15) is 10.6 Å². The van der Waals surface area contributed by atoms with E-state index in [1.807, 2.05) is 11.6 Å². The summed E-state index contributed by atoms with van der Waals surface area (Å²) < 4.78 is 89.2. The molecule has 1 aliphatic rings. The summed E-state index contributed by atoms with van der Waals surface area (Å²) in [5, 5.41) is 6.36. The first-order chi connectivity index (χ1) is 22.4. The number of nitrogens with zero attached hydrogens (tertiary/aromatic N) is 5. The first-order valence-electron chi connectivity index (χ1n) is 14.5. The molecule has 1 amide bonds. The second kappa shape index (κ2) is 12.9. The van der Waals surface area contributed by atoms with Gasteiger partial charge >= 0.3 is 18.4 Å². The smallest absolute Gasteiger partial charge is 0.448 e. The number of amides is 1. The number of aromatic nitrogens is 4. The van der Waals surface area contributed by atoms with Crippen LogP contribution >= 0.6 is 0 Å². The number of ether oxygens (including phenoxy) is 3. The Labute approximate surface area is 272 Å². The molecule has 1 atom stereocenters. The highest BCUT2D eigenvalue weighted by molar-refractivity contribution is 7.90. The maximum Gasteiger partial charge on any atom is 0.511 e. The second-order valence-corrected chi connectivity index (χ2v) is 13.6. The van der Waals surface area contributed by atoms with Gasteiger partial charge in [0.25, 0.3) is 16.3 Å². The Balaban J connectivity index is 1.11. The molecule has 1 N–H and O–H groups in total. The first kappa shape index (κ1) is 34.3. The Morgan fingerprint density at radius 1 is 1.06 bits per heavy atom. The van der Waals surface area contributed by atoms with Crippen LogP contribution in [-0.4, -0.2) is 72.0 Å². The van der Waals surface area contributed by atoms with E-state index < -0.39 is 46.0 Å². The summed E-state index contributed by atoms with van der Waals surface area (Å²) in [4.78, 5) is 30.2. The Hall–Kier alpha value is -5.07. The summed E-state index contributed by atoms with van der Waals surface area (Å²) in [6.07, 6.45) is -7.84. The highest BCUT2D eigenvalue weighted by atomic mass is 32.2. The molecule has 3 heterocycles. The van der Waals surface area contributed by atoms with Gasteiger partial charge in [-0.25, -0.2) is 27.4 Å². The molecule has 0 radical (unpaired) electrons. The van der Waals surface area contributed by atoms with Crippen LogP contribution in [0.2, 0.25) is 0 Å². The Bertz CT molecular complexity index is 1850. The van der Waals surface area contributed by atoms with E-state index in [9.17, 15) is 31.2 Å². The quantitative estimate of drug-likeness (QED) is 0.184. The van der Waals surface area contributed by atoms with Crippen LogP contribution in [0.4, 0.5) is 22.8 Å². The summed E-state index contributed by atoms with van der Waals surface area (Å²) in [6.45, 7) is 9.01. The molecule has 1 fully saturated rings. The third kappa shape index (κ3) is 8.44. The largest absolute Gasteiger partial charge is 0.511 e. The lowest BCUT2D eigenvalue weighted by Crippen LogP contribution is -2.54. The first-order valence-corrected chi connectivity index (χ1v) is 16.0. The molecule has 2 aromatic carbocycles. The van der Waals surface area contributed by atoms with Crippen molar-refractivity contribution in [2.45, 2.75) is 57.6 Å². The van der Waals surface area contributed by atoms with E-state index in [-0.39, 0.29) is 28.8 Å². The number of hydrogen-bond acceptors (Lipinski definition) is 11. The predicted octanol–water partition coefficient (Wildman–Crippen LogP) is 4.47. The maximum absolute atomic E-state index is 13.5. The summed E-state index contributed by atoms with van der Waals surface area (Å²) in [7, 11) is -4.37. The molecule has 260 valence electrons. The minimum Gasteiger partial charge on any atom is -0.448 e. The highest BCUT2D eigenvalue weighted by Crippen LogP contribution is 2.33. The lowest BCUT2D eigenvalue weighted by molar-refractivity contribution is -0.143. The number of nitrogens with one attached hydrogen (secondary N) is 1. The lowest BCUT2D eigenvalue weighted by Gasteiger charge is -2.35. The van der Waals surface area contributed by atoms with Crippen LogP contribution in [0.1, 0.15) is 39.0 Å². The van der Waals surface area contributed by atoms with Crippen molar-refractivity contribution in [3.8, 4) is 16.9 Å². The number of halogens is 3. The number of aryl methyl sites for hydroxylation is 1. The molecule has 0 saturated carbocycles. The van der Waals surface area contributed by atoms with E-state index in [2.05, 4.69) is 5.10 Å². The van der Waals surface area contributed by atoms with Crippen molar-refractivity contribution < 1.29 is 54.9 Å². The van der Waals surface area contributed by atoms with Gasteiger partial charge in [0.05, 0.1) is 22.9 Å². The van der Waals surface area contributed by atoms with Gasteiger partial charge in [0.2, 0.25) is 0 Å². The van der Waals surface area contributed by atoms with Crippen LogP contribution in [-0.2, 0) is 30.4 Å². The molecule has 1 saturated heterocycles. The van der Waals surface area contributed by atoms with Crippen molar-refractivity contribution >= 4 is 22.3 Å². The summed E-state index contributed by atoms with van der Waals surface area (Å²) >= 11 is 0. The molecule has 15 nitrogen and oxygen atoms in total. The third-order valence-electron chi connectivity index (χ3n) is 6.73. The van der Waals surface area contributed by atoms with E-state index in [4.69, 9.17) is 23.7 Å². The van der Waals surface area contributed by atoms with Crippen molar-refractivity contribution in [1.29, 1.82) is 0 Å². The number of hydrogen-bond donors (Lipinski definition) is 1. The fourth-order valence-corrected chi connectivity index (χ4v) is 5.30. The lowest BCUT2D eigenvalue weighted by atomic mass is 10.0. The third-order valence-corrected chi connectivity index (χ3v) is 8.06. The van der Waals surface area contributed by atoms with Gasteiger partial charge in [0, 0.05) is 36.5 Å². The number of alkyl halides is 3. The van der Waals surface area contributed by atoms with E-state index in [0.717, 1.165) is 33.5 Å². The zero-order chi connectivity index (χ0) is 35.0. The monoisotopic (exact) mass is 698 g/mol. The summed E-state index contributed by atoms with van der Waals surface area (Å²) in [5.74, 6) is -0.155. The molecule has 2 aromatic heterocycles. The molecule has 19 heteroatoms. The highest BCUT2D eigenvalue weighted by Gasteiger charge is 2.37. The minimum absolute atomic E-state index is 0.105. The zero-order valence-electron chi connectivity index (χ0n) is 26.4. The van der Waals surface area contributed by atoms with Gasteiger partial charge < -0.3 is 19.0 Å². The van der Waals surface area contributed by atoms with E-state index in [1.165, 1.54) is 24.0 Å². The molecule has 0 aliphatic carbocycles. The Kier molecular flexibility index (Phi) is 9.18. The SMILES string of the molecule is Cc1ccc(-c2cc(C(F)(F)F)nn2-c2ccc(S(=O)(=O)NC(=O)OCC3CN(n4on4OC(C)OC(=O)OC(C)(C)C)C3)cc2)cc1. The van der Waals surface area contributed by atoms with Gasteiger partial charge in [-0.2, -0.15) is 22.9 Å². The molecular formula is C29H33F3N6O9S. The van der Waals surface area contributed by atoms with E-state index in [0.29, 0.717) is 18.7 Å². The van der Waals surface area contributed by atoms with Crippen LogP contribution in [0.5, 0.6) is 0 Å². The fraction of sp³-hybridized carbons (Fsp3) is 0.414. The normalized spacial score (nSPS) is 14.7. The van der Waals surface area contributed by atoms with Crippen molar-refractivity contribution in [3.05, 3.63) is 65.9 Å². The molecule has 5 rings (SSSR count). The Morgan fingerprint density at radius 2 is 1.71 bits per heavy atom. The van der Waals surface area contributed by atoms with Crippen LogP contribution < -0.4 is 14.6 Å². The average Bonchev–Trinajstić information content (AvgIpc) is 3.52. The van der Waals surface area contributed by atoms with Gasteiger partial charge in [-0.05, 0) is 58.0 Å². The topological polar surface area (TPSA) is 161 Å². The van der Waals surface area contributed by atoms with E-state index in [1.54, 1.807) is 50.0 Å².